The van der Waals surface area contributed by atoms with Crippen molar-refractivity contribution in [2.45, 2.75) is 26.0 Å². The fraction of sp³-hybridized carbons (Fsp3) is 0.600. The molecule has 5 nitrogen and oxygen atoms in total. The van der Waals surface area contributed by atoms with Crippen LogP contribution in [0.2, 0.25) is 0 Å². The van der Waals surface area contributed by atoms with Crippen LogP contribution in [0.1, 0.15) is 25.4 Å². The average Bonchev–Trinajstić information content (AvgIpc) is 2.15. The predicted molar refractivity (Wildman–Crippen MR) is 64.1 cm³/mol. The third-order valence-corrected chi connectivity index (χ3v) is 2.72. The van der Waals surface area contributed by atoms with Crippen LogP contribution in [0.5, 0.6) is 0 Å². The molecular weight excluding hydrogens is 226 g/mol. The maximum Gasteiger partial charge on any atom is 0.154 e. The molecule has 0 amide bonds. The molecule has 16 heavy (non-hydrogen) atoms. The summed E-state index contributed by atoms with van der Waals surface area (Å²) in [5.41, 5.74) is 0.851. The quantitative estimate of drug-likeness (QED) is 0.835. The van der Waals surface area contributed by atoms with E-state index in [0.717, 1.165) is 18.7 Å². The molecule has 0 spiro atoms. The summed E-state index contributed by atoms with van der Waals surface area (Å²) in [4.78, 5) is 8.34. The molecule has 0 saturated carbocycles. The first-order valence-electron chi connectivity index (χ1n) is 5.23. The van der Waals surface area contributed by atoms with Crippen LogP contribution in [0.3, 0.4) is 0 Å². The Hall–Kier alpha value is -1.17. The molecule has 1 aromatic rings. The van der Waals surface area contributed by atoms with E-state index >= 15 is 0 Å². The molecule has 1 N–H and O–H groups in total. The molecule has 0 unspecified atom stereocenters. The number of rotatable bonds is 5. The predicted octanol–water partition coefficient (Wildman–Crippen LogP) is 1.02. The highest BCUT2D eigenvalue weighted by Crippen LogP contribution is 2.09. The Balaban J connectivity index is 3.04. The van der Waals surface area contributed by atoms with Gasteiger partial charge in [0.15, 0.2) is 9.84 Å². The van der Waals surface area contributed by atoms with E-state index in [4.69, 9.17) is 0 Å². The minimum absolute atomic E-state index is 0.112. The van der Waals surface area contributed by atoms with Crippen molar-refractivity contribution < 1.29 is 8.42 Å². The number of aromatic nitrogens is 2. The van der Waals surface area contributed by atoms with Crippen molar-refractivity contribution in [3.63, 3.8) is 0 Å². The zero-order chi connectivity index (χ0) is 12.2. The van der Waals surface area contributed by atoms with Crippen molar-refractivity contribution in [2.75, 3.05) is 18.1 Å². The van der Waals surface area contributed by atoms with Gasteiger partial charge in [-0.3, -0.25) is 0 Å². The van der Waals surface area contributed by atoms with Gasteiger partial charge in [-0.25, -0.2) is 18.4 Å². The Morgan fingerprint density at radius 2 is 2.00 bits per heavy atom. The molecule has 0 fully saturated rings. The van der Waals surface area contributed by atoms with Gasteiger partial charge >= 0.3 is 0 Å². The highest BCUT2D eigenvalue weighted by Gasteiger charge is 2.09. The largest absolute Gasteiger partial charge is 0.370 e. The summed E-state index contributed by atoms with van der Waals surface area (Å²) >= 11 is 0. The minimum atomic E-state index is -3.09. The Bertz CT molecular complexity index is 457. The zero-order valence-electron chi connectivity index (χ0n) is 9.82. The molecule has 0 saturated heterocycles. The SMILES string of the molecule is CCNc1cc(CC)nc(CS(C)(=O)=O)n1. The molecule has 1 aromatic heterocycles. The molecule has 1 heterocycles. The number of aryl methyl sites for hydroxylation is 1. The highest BCUT2D eigenvalue weighted by molar-refractivity contribution is 7.89. The summed E-state index contributed by atoms with van der Waals surface area (Å²) in [6.45, 7) is 4.69. The lowest BCUT2D eigenvalue weighted by molar-refractivity contribution is 0.599. The van der Waals surface area contributed by atoms with Crippen molar-refractivity contribution in [2.24, 2.45) is 0 Å². The molecule has 90 valence electrons. The van der Waals surface area contributed by atoms with E-state index in [1.807, 2.05) is 19.9 Å². The van der Waals surface area contributed by atoms with Crippen LogP contribution in [-0.4, -0.2) is 31.2 Å². The Labute approximate surface area is 96.2 Å². The molecule has 0 aromatic carbocycles. The molecule has 0 aliphatic heterocycles. The van der Waals surface area contributed by atoms with Crippen LogP contribution in [-0.2, 0) is 22.0 Å². The van der Waals surface area contributed by atoms with Crippen molar-refractivity contribution in [3.05, 3.63) is 17.6 Å². The first kappa shape index (κ1) is 12.9. The van der Waals surface area contributed by atoms with Crippen molar-refractivity contribution in [1.29, 1.82) is 0 Å². The summed E-state index contributed by atoms with van der Waals surface area (Å²) in [5.74, 6) is 0.935. The molecule has 0 aliphatic carbocycles. The first-order valence-corrected chi connectivity index (χ1v) is 7.29. The smallest absolute Gasteiger partial charge is 0.154 e. The van der Waals surface area contributed by atoms with Crippen LogP contribution in [0.25, 0.3) is 0 Å². The summed E-state index contributed by atoms with van der Waals surface area (Å²) < 4.78 is 22.3. The van der Waals surface area contributed by atoms with E-state index in [1.165, 1.54) is 6.26 Å². The van der Waals surface area contributed by atoms with Crippen LogP contribution in [0.15, 0.2) is 6.07 Å². The molecule has 0 atom stereocenters. The van der Waals surface area contributed by atoms with E-state index < -0.39 is 9.84 Å². The van der Waals surface area contributed by atoms with Gasteiger partial charge in [-0.1, -0.05) is 6.92 Å². The van der Waals surface area contributed by atoms with Gasteiger partial charge in [0.2, 0.25) is 0 Å². The number of sulfone groups is 1. The summed E-state index contributed by atoms with van der Waals surface area (Å²) in [6.07, 6.45) is 1.94. The standard InChI is InChI=1S/C10H17N3O2S/c1-4-8-6-9(11-5-2)13-10(12-8)7-16(3,14)15/h6H,4-5,7H2,1-3H3,(H,11,12,13). The molecule has 1 rings (SSSR count). The third-order valence-electron chi connectivity index (χ3n) is 1.94. The fourth-order valence-corrected chi connectivity index (χ4v) is 1.90. The van der Waals surface area contributed by atoms with E-state index in [2.05, 4.69) is 15.3 Å². The van der Waals surface area contributed by atoms with E-state index in [1.54, 1.807) is 0 Å². The average molecular weight is 243 g/mol. The molecular formula is C10H17N3O2S. The summed E-state index contributed by atoms with van der Waals surface area (Å²) in [7, 11) is -3.09. The number of hydrogen-bond donors (Lipinski definition) is 1. The minimum Gasteiger partial charge on any atom is -0.370 e. The number of hydrogen-bond acceptors (Lipinski definition) is 5. The highest BCUT2D eigenvalue weighted by atomic mass is 32.2. The molecule has 0 bridgehead atoms. The maximum atomic E-state index is 11.2. The van der Waals surface area contributed by atoms with Gasteiger partial charge in [0.05, 0.1) is 0 Å². The van der Waals surface area contributed by atoms with E-state index in [-0.39, 0.29) is 5.75 Å². The topological polar surface area (TPSA) is 72.0 Å². The van der Waals surface area contributed by atoms with Gasteiger partial charge in [0.25, 0.3) is 0 Å². The second-order valence-electron chi connectivity index (χ2n) is 3.61. The van der Waals surface area contributed by atoms with Crippen LogP contribution < -0.4 is 5.32 Å². The molecule has 6 heteroatoms. The van der Waals surface area contributed by atoms with Crippen molar-refractivity contribution >= 4 is 15.7 Å². The lowest BCUT2D eigenvalue weighted by atomic mass is 10.3. The maximum absolute atomic E-state index is 11.2. The second-order valence-corrected chi connectivity index (χ2v) is 5.75. The van der Waals surface area contributed by atoms with Gasteiger partial charge in [-0.2, -0.15) is 0 Å². The second kappa shape index (κ2) is 5.25. The zero-order valence-corrected chi connectivity index (χ0v) is 10.6. The molecule has 0 aliphatic rings. The van der Waals surface area contributed by atoms with Gasteiger partial charge in [-0.15, -0.1) is 0 Å². The third kappa shape index (κ3) is 4.14. The van der Waals surface area contributed by atoms with E-state index in [0.29, 0.717) is 11.6 Å². The Morgan fingerprint density at radius 1 is 1.31 bits per heavy atom. The Morgan fingerprint density at radius 3 is 2.50 bits per heavy atom. The van der Waals surface area contributed by atoms with Gasteiger partial charge in [0, 0.05) is 24.6 Å². The normalized spacial score (nSPS) is 11.4. The first-order chi connectivity index (χ1) is 7.44. The monoisotopic (exact) mass is 243 g/mol. The molecule has 0 radical (unpaired) electrons. The van der Waals surface area contributed by atoms with E-state index in [9.17, 15) is 8.42 Å². The lowest BCUT2D eigenvalue weighted by Crippen LogP contribution is -2.09. The van der Waals surface area contributed by atoms with Crippen LogP contribution >= 0.6 is 0 Å². The Kier molecular flexibility index (Phi) is 4.23. The van der Waals surface area contributed by atoms with Crippen LogP contribution in [0.4, 0.5) is 5.82 Å². The summed E-state index contributed by atoms with van der Waals surface area (Å²) in [5, 5.41) is 3.06. The van der Waals surface area contributed by atoms with Gasteiger partial charge < -0.3 is 5.32 Å². The van der Waals surface area contributed by atoms with Crippen molar-refractivity contribution in [1.82, 2.24) is 9.97 Å². The van der Waals surface area contributed by atoms with Crippen LogP contribution in [0, 0.1) is 0 Å². The van der Waals surface area contributed by atoms with Crippen molar-refractivity contribution in [3.8, 4) is 0 Å². The number of nitrogens with zero attached hydrogens (tertiary/aromatic N) is 2. The van der Waals surface area contributed by atoms with Gasteiger partial charge in [-0.05, 0) is 13.3 Å². The summed E-state index contributed by atoms with van der Waals surface area (Å²) in [6, 6.07) is 1.84. The van der Waals surface area contributed by atoms with Gasteiger partial charge in [0.1, 0.15) is 17.4 Å². The lowest BCUT2D eigenvalue weighted by Gasteiger charge is -2.07. The fourth-order valence-electron chi connectivity index (χ4n) is 1.30. The number of anilines is 1. The number of nitrogens with one attached hydrogen (secondary N) is 1.